The van der Waals surface area contributed by atoms with Gasteiger partial charge in [0.05, 0.1) is 12.6 Å². The SMILES string of the molecule is CC(F)(F)C(C)(C)C(=O)N1C[C@@H]2C[C@H]1c1ccc(Cl)cc1O2. The van der Waals surface area contributed by atoms with Gasteiger partial charge in [0.1, 0.15) is 17.3 Å². The summed E-state index contributed by atoms with van der Waals surface area (Å²) in [6.45, 7) is 3.70. The van der Waals surface area contributed by atoms with Crippen LogP contribution in [0, 0.1) is 5.41 Å². The molecule has 1 fully saturated rings. The number of hydrogen-bond acceptors (Lipinski definition) is 2. The van der Waals surface area contributed by atoms with Gasteiger partial charge in [-0.2, -0.15) is 0 Å². The van der Waals surface area contributed by atoms with Crippen molar-refractivity contribution in [3.05, 3.63) is 28.8 Å². The van der Waals surface area contributed by atoms with Crippen LogP contribution in [-0.2, 0) is 4.79 Å². The van der Waals surface area contributed by atoms with Gasteiger partial charge in [-0.05, 0) is 26.0 Å². The van der Waals surface area contributed by atoms with Crippen LogP contribution in [-0.4, -0.2) is 29.4 Å². The molecule has 1 amide bonds. The number of amides is 1. The minimum atomic E-state index is -3.09. The van der Waals surface area contributed by atoms with Crippen LogP contribution < -0.4 is 4.74 Å². The molecule has 0 saturated carbocycles. The van der Waals surface area contributed by atoms with Crippen molar-refractivity contribution in [2.24, 2.45) is 5.41 Å². The third kappa shape index (κ3) is 2.26. The molecular weight excluding hydrogens is 312 g/mol. The summed E-state index contributed by atoms with van der Waals surface area (Å²) in [6.07, 6.45) is 0.465. The van der Waals surface area contributed by atoms with Crippen LogP contribution in [0.25, 0.3) is 0 Å². The highest BCUT2D eigenvalue weighted by atomic mass is 35.5. The first-order valence-corrected chi connectivity index (χ1v) is 7.64. The number of ether oxygens (including phenoxy) is 1. The lowest BCUT2D eigenvalue weighted by Gasteiger charge is -2.36. The van der Waals surface area contributed by atoms with Gasteiger partial charge in [-0.3, -0.25) is 4.79 Å². The topological polar surface area (TPSA) is 29.5 Å². The molecule has 2 aliphatic heterocycles. The minimum absolute atomic E-state index is 0.166. The number of likely N-dealkylation sites (tertiary alicyclic amines) is 1. The van der Waals surface area contributed by atoms with Crippen molar-refractivity contribution >= 4 is 17.5 Å². The molecule has 1 aromatic rings. The Bertz CT molecular complexity index is 627. The summed E-state index contributed by atoms with van der Waals surface area (Å²) in [5.74, 6) is -2.99. The van der Waals surface area contributed by atoms with Gasteiger partial charge in [-0.1, -0.05) is 17.7 Å². The fourth-order valence-electron chi connectivity index (χ4n) is 3.01. The van der Waals surface area contributed by atoms with Crippen LogP contribution in [0.4, 0.5) is 8.78 Å². The number of carbonyl (C=O) groups is 1. The van der Waals surface area contributed by atoms with Crippen molar-refractivity contribution in [2.45, 2.75) is 45.3 Å². The van der Waals surface area contributed by atoms with Crippen LogP contribution in [0.5, 0.6) is 5.75 Å². The molecule has 0 radical (unpaired) electrons. The molecule has 22 heavy (non-hydrogen) atoms. The summed E-state index contributed by atoms with van der Waals surface area (Å²) in [7, 11) is 0. The predicted octanol–water partition coefficient (Wildman–Crippen LogP) is 4.06. The molecule has 0 unspecified atom stereocenters. The minimum Gasteiger partial charge on any atom is -0.488 e. The number of halogens is 3. The monoisotopic (exact) mass is 329 g/mol. The quantitative estimate of drug-likeness (QED) is 0.819. The summed E-state index contributed by atoms with van der Waals surface area (Å²) in [5, 5.41) is 0.554. The van der Waals surface area contributed by atoms with E-state index in [4.69, 9.17) is 16.3 Å². The van der Waals surface area contributed by atoms with Crippen LogP contribution in [0.2, 0.25) is 5.02 Å². The molecule has 1 saturated heterocycles. The summed E-state index contributed by atoms with van der Waals surface area (Å²) in [6, 6.07) is 5.02. The normalized spacial score (nSPS) is 24.0. The lowest BCUT2D eigenvalue weighted by Crippen LogP contribution is -2.49. The molecule has 0 aromatic heterocycles. The van der Waals surface area contributed by atoms with Crippen LogP contribution in [0.15, 0.2) is 18.2 Å². The Morgan fingerprint density at radius 1 is 1.36 bits per heavy atom. The summed E-state index contributed by atoms with van der Waals surface area (Å²) in [4.78, 5) is 14.2. The molecule has 3 rings (SSSR count). The lowest BCUT2D eigenvalue weighted by atomic mass is 9.84. The molecule has 120 valence electrons. The Morgan fingerprint density at radius 3 is 2.68 bits per heavy atom. The molecule has 1 aromatic carbocycles. The van der Waals surface area contributed by atoms with Gasteiger partial charge >= 0.3 is 0 Å². The van der Waals surface area contributed by atoms with E-state index < -0.39 is 17.2 Å². The van der Waals surface area contributed by atoms with E-state index in [1.54, 1.807) is 18.2 Å². The highest BCUT2D eigenvalue weighted by Gasteiger charge is 2.53. The Kier molecular flexibility index (Phi) is 3.40. The molecule has 2 atom stereocenters. The van der Waals surface area contributed by atoms with E-state index in [2.05, 4.69) is 0 Å². The van der Waals surface area contributed by atoms with E-state index in [-0.39, 0.29) is 12.1 Å². The number of fused-ring (bicyclic) bond motifs is 4. The number of benzene rings is 1. The van der Waals surface area contributed by atoms with Gasteiger partial charge in [0.25, 0.3) is 5.92 Å². The molecule has 3 nitrogen and oxygen atoms in total. The first-order valence-electron chi connectivity index (χ1n) is 7.26. The summed E-state index contributed by atoms with van der Waals surface area (Å²) < 4.78 is 33.4. The molecule has 2 heterocycles. The van der Waals surface area contributed by atoms with Gasteiger partial charge in [0.15, 0.2) is 0 Å². The first kappa shape index (κ1) is 15.5. The fraction of sp³-hybridized carbons (Fsp3) is 0.562. The Hall–Kier alpha value is -1.36. The maximum Gasteiger partial charge on any atom is 0.259 e. The predicted molar refractivity (Wildman–Crippen MR) is 79.3 cm³/mol. The standard InChI is InChI=1S/C16H18ClF2NO2/c1-15(2,16(3,18)19)14(21)20-8-10-7-12(20)11-5-4-9(17)6-13(11)22-10/h4-6,10,12H,7-8H2,1-3H3/t10-,12-/m0/s1. The van der Waals surface area contributed by atoms with Crippen molar-refractivity contribution < 1.29 is 18.3 Å². The van der Waals surface area contributed by atoms with Crippen molar-refractivity contribution in [3.8, 4) is 5.75 Å². The second kappa shape index (κ2) is 4.82. The Balaban J connectivity index is 1.95. The average Bonchev–Trinajstić information content (AvgIpc) is 2.74. The van der Waals surface area contributed by atoms with E-state index in [0.717, 1.165) is 12.5 Å². The van der Waals surface area contributed by atoms with Crippen LogP contribution >= 0.6 is 11.6 Å². The number of hydrogen-bond donors (Lipinski definition) is 0. The maximum absolute atomic E-state index is 13.8. The van der Waals surface area contributed by atoms with E-state index >= 15 is 0 Å². The number of rotatable bonds is 2. The van der Waals surface area contributed by atoms with E-state index in [0.29, 0.717) is 23.7 Å². The zero-order valence-electron chi connectivity index (χ0n) is 12.7. The third-order valence-corrected chi connectivity index (χ3v) is 5.02. The molecule has 2 bridgehead atoms. The van der Waals surface area contributed by atoms with Crippen molar-refractivity contribution in [1.29, 1.82) is 0 Å². The Morgan fingerprint density at radius 2 is 2.05 bits per heavy atom. The first-order chi connectivity index (χ1) is 10.1. The molecule has 0 N–H and O–H groups in total. The average molecular weight is 330 g/mol. The molecule has 0 spiro atoms. The molecule has 6 heteroatoms. The largest absolute Gasteiger partial charge is 0.488 e. The third-order valence-electron chi connectivity index (χ3n) is 4.78. The second-order valence-corrected chi connectivity index (χ2v) is 7.08. The van der Waals surface area contributed by atoms with Crippen LogP contribution in [0.3, 0.4) is 0 Å². The van der Waals surface area contributed by atoms with Gasteiger partial charge in [-0.25, -0.2) is 8.78 Å². The molecule has 2 aliphatic rings. The van der Waals surface area contributed by atoms with Gasteiger partial charge in [0.2, 0.25) is 5.91 Å². The molecule has 0 aliphatic carbocycles. The van der Waals surface area contributed by atoms with E-state index in [1.165, 1.54) is 18.7 Å². The van der Waals surface area contributed by atoms with E-state index in [9.17, 15) is 13.6 Å². The van der Waals surface area contributed by atoms with Crippen molar-refractivity contribution in [3.63, 3.8) is 0 Å². The molecular formula is C16H18ClF2NO2. The maximum atomic E-state index is 13.8. The highest BCUT2D eigenvalue weighted by molar-refractivity contribution is 6.30. The number of alkyl halides is 2. The summed E-state index contributed by atoms with van der Waals surface area (Å²) >= 11 is 5.96. The Labute approximate surface area is 133 Å². The smallest absolute Gasteiger partial charge is 0.259 e. The number of carbonyl (C=O) groups excluding carboxylic acids is 1. The zero-order valence-corrected chi connectivity index (χ0v) is 13.5. The van der Waals surface area contributed by atoms with Gasteiger partial charge in [0, 0.05) is 23.9 Å². The zero-order chi connectivity index (χ0) is 16.3. The fourth-order valence-corrected chi connectivity index (χ4v) is 3.18. The lowest BCUT2D eigenvalue weighted by molar-refractivity contribution is -0.163. The van der Waals surface area contributed by atoms with Crippen LogP contribution in [0.1, 0.15) is 38.8 Å². The summed E-state index contributed by atoms with van der Waals surface area (Å²) in [5.41, 5.74) is -0.918. The van der Waals surface area contributed by atoms with E-state index in [1.807, 2.05) is 0 Å². The number of nitrogens with zero attached hydrogens (tertiary/aromatic N) is 1. The van der Waals surface area contributed by atoms with Crippen molar-refractivity contribution in [1.82, 2.24) is 4.90 Å². The van der Waals surface area contributed by atoms with Gasteiger partial charge < -0.3 is 9.64 Å². The highest BCUT2D eigenvalue weighted by Crippen LogP contribution is 2.47. The second-order valence-electron chi connectivity index (χ2n) is 6.64. The van der Waals surface area contributed by atoms with Gasteiger partial charge in [-0.15, -0.1) is 0 Å². The van der Waals surface area contributed by atoms with Crippen molar-refractivity contribution in [2.75, 3.05) is 6.54 Å².